The van der Waals surface area contributed by atoms with E-state index in [1.165, 1.54) is 24.5 Å². The Balaban J connectivity index is 1.63. The van der Waals surface area contributed by atoms with Gasteiger partial charge in [0.05, 0.1) is 30.9 Å². The van der Waals surface area contributed by atoms with Gasteiger partial charge in [-0.05, 0) is 43.0 Å². The minimum atomic E-state index is -3.01. The van der Waals surface area contributed by atoms with Gasteiger partial charge in [0.15, 0.2) is 0 Å². The summed E-state index contributed by atoms with van der Waals surface area (Å²) in [6.07, 6.45) is 3.63. The summed E-state index contributed by atoms with van der Waals surface area (Å²) in [7, 11) is -3.01. The van der Waals surface area contributed by atoms with Gasteiger partial charge in [0, 0.05) is 30.4 Å². The van der Waals surface area contributed by atoms with Crippen molar-refractivity contribution in [3.05, 3.63) is 48.2 Å². The lowest BCUT2D eigenvalue weighted by Crippen LogP contribution is -2.33. The Bertz CT molecular complexity index is 903. The van der Waals surface area contributed by atoms with Gasteiger partial charge in [0.2, 0.25) is 0 Å². The Kier molecular flexibility index (Phi) is 6.61. The van der Waals surface area contributed by atoms with E-state index in [-0.39, 0.29) is 23.2 Å². The number of nitrogens with zero attached hydrogens (tertiary/aromatic N) is 1. The zero-order valence-corrected chi connectivity index (χ0v) is 16.4. The average molecular weight is 411 g/mol. The smallest absolute Gasteiger partial charge is 0.147 e. The molecule has 28 heavy (non-hydrogen) atoms. The molecule has 1 fully saturated rings. The van der Waals surface area contributed by atoms with Crippen molar-refractivity contribution < 1.29 is 26.7 Å². The summed E-state index contributed by atoms with van der Waals surface area (Å²) >= 11 is 0. The Morgan fingerprint density at radius 2 is 2.04 bits per heavy atom. The van der Waals surface area contributed by atoms with Gasteiger partial charge >= 0.3 is 0 Å². The first-order valence-electron chi connectivity index (χ1n) is 9.11. The molecule has 8 heteroatoms. The van der Waals surface area contributed by atoms with E-state index in [0.29, 0.717) is 37.7 Å². The van der Waals surface area contributed by atoms with E-state index < -0.39 is 21.5 Å². The second-order valence-corrected chi connectivity index (χ2v) is 9.38. The van der Waals surface area contributed by atoms with Crippen molar-refractivity contribution >= 4 is 9.84 Å². The predicted octanol–water partition coefficient (Wildman–Crippen LogP) is 3.49. The first-order valence-corrected chi connectivity index (χ1v) is 11.2. The van der Waals surface area contributed by atoms with Crippen LogP contribution in [0.3, 0.4) is 0 Å². The van der Waals surface area contributed by atoms with Gasteiger partial charge in [-0.3, -0.25) is 4.98 Å². The molecule has 2 aromatic rings. The van der Waals surface area contributed by atoms with Crippen LogP contribution in [0.1, 0.15) is 12.8 Å². The van der Waals surface area contributed by atoms with E-state index >= 15 is 0 Å². The minimum absolute atomic E-state index is 0.0528. The van der Waals surface area contributed by atoms with E-state index in [1.54, 1.807) is 12.1 Å². The fraction of sp³-hybridized carbons (Fsp3) is 0.450. The van der Waals surface area contributed by atoms with Crippen LogP contribution >= 0.6 is 0 Å². The number of aromatic nitrogens is 1. The molecule has 2 heterocycles. The maximum Gasteiger partial charge on any atom is 0.147 e. The molecule has 0 spiro atoms. The van der Waals surface area contributed by atoms with Crippen molar-refractivity contribution in [1.29, 1.82) is 0 Å². The zero-order valence-electron chi connectivity index (χ0n) is 15.6. The van der Waals surface area contributed by atoms with Crippen LogP contribution in [0.4, 0.5) is 8.78 Å². The molecule has 152 valence electrons. The Hall–Kier alpha value is -2.06. The van der Waals surface area contributed by atoms with E-state index in [1.807, 2.05) is 0 Å². The highest BCUT2D eigenvalue weighted by atomic mass is 32.2. The molecule has 5 nitrogen and oxygen atoms in total. The summed E-state index contributed by atoms with van der Waals surface area (Å²) in [6, 6.07) is 7.10. The normalized spacial score (nSPS) is 20.1. The lowest BCUT2D eigenvalue weighted by atomic mass is 9.87. The Morgan fingerprint density at radius 1 is 1.21 bits per heavy atom. The van der Waals surface area contributed by atoms with Gasteiger partial charge in [-0.25, -0.2) is 17.2 Å². The van der Waals surface area contributed by atoms with E-state index in [0.717, 1.165) is 12.6 Å². The molecule has 1 aromatic carbocycles. The van der Waals surface area contributed by atoms with Crippen molar-refractivity contribution in [3.63, 3.8) is 0 Å². The molecule has 2 atom stereocenters. The second kappa shape index (κ2) is 8.96. The quantitative estimate of drug-likeness (QED) is 0.698. The number of benzene rings is 1. The molecule has 0 saturated carbocycles. The van der Waals surface area contributed by atoms with E-state index in [2.05, 4.69) is 4.98 Å². The van der Waals surface area contributed by atoms with Crippen LogP contribution in [0.25, 0.3) is 11.3 Å². The van der Waals surface area contributed by atoms with Gasteiger partial charge in [-0.2, -0.15) is 0 Å². The lowest BCUT2D eigenvalue weighted by Gasteiger charge is -2.31. The highest BCUT2D eigenvalue weighted by Gasteiger charge is 2.27. The minimum Gasteiger partial charge on any atom is -0.493 e. The number of halogens is 2. The molecule has 0 amide bonds. The van der Waals surface area contributed by atoms with Crippen LogP contribution in [0.2, 0.25) is 0 Å². The van der Waals surface area contributed by atoms with Crippen LogP contribution < -0.4 is 4.74 Å². The van der Waals surface area contributed by atoms with Crippen LogP contribution in [-0.4, -0.2) is 45.2 Å². The molecule has 1 aromatic heterocycles. The summed E-state index contributed by atoms with van der Waals surface area (Å²) in [5, 5.41) is 0. The predicted molar refractivity (Wildman–Crippen MR) is 102 cm³/mol. The molecular formula is C20H23F2NO4S. The van der Waals surface area contributed by atoms with Crippen LogP contribution in [0, 0.1) is 23.5 Å². The van der Waals surface area contributed by atoms with Crippen molar-refractivity contribution in [2.75, 3.05) is 31.8 Å². The third-order valence-electron chi connectivity index (χ3n) is 4.90. The standard InChI is InChI=1S/C20H23F2NO4S/c1-28(24,25)9-7-14-6-8-26-12-15(14)13-27-17-3-4-18(19(22)10-17)20-5-2-16(21)11-23-20/h2-5,10-11,14-15H,6-9,12-13H2,1H3. The maximum absolute atomic E-state index is 14.4. The molecular weight excluding hydrogens is 388 g/mol. The largest absolute Gasteiger partial charge is 0.493 e. The Labute approximate surface area is 163 Å². The highest BCUT2D eigenvalue weighted by Crippen LogP contribution is 2.28. The molecule has 0 bridgehead atoms. The third kappa shape index (κ3) is 5.72. The summed E-state index contributed by atoms with van der Waals surface area (Å²) in [6.45, 7) is 1.43. The molecule has 2 unspecified atom stereocenters. The number of sulfone groups is 1. The van der Waals surface area contributed by atoms with Gasteiger partial charge in [0.1, 0.15) is 27.2 Å². The second-order valence-electron chi connectivity index (χ2n) is 7.12. The summed E-state index contributed by atoms with van der Waals surface area (Å²) < 4.78 is 61.5. The number of pyridine rings is 1. The zero-order chi connectivity index (χ0) is 20.1. The third-order valence-corrected chi connectivity index (χ3v) is 5.88. The van der Waals surface area contributed by atoms with Crippen molar-refractivity contribution in [2.24, 2.45) is 11.8 Å². The molecule has 3 rings (SSSR count). The van der Waals surface area contributed by atoms with Crippen LogP contribution in [0.15, 0.2) is 36.5 Å². The highest BCUT2D eigenvalue weighted by molar-refractivity contribution is 7.90. The maximum atomic E-state index is 14.4. The fourth-order valence-corrected chi connectivity index (χ4v) is 4.03. The topological polar surface area (TPSA) is 65.5 Å². The number of ether oxygens (including phenoxy) is 2. The Morgan fingerprint density at radius 3 is 2.71 bits per heavy atom. The molecule has 1 saturated heterocycles. The van der Waals surface area contributed by atoms with Gasteiger partial charge in [-0.1, -0.05) is 0 Å². The SMILES string of the molecule is CS(=O)(=O)CCC1CCOCC1COc1ccc(-c2ccc(F)cn2)c(F)c1. The molecule has 0 N–H and O–H groups in total. The fourth-order valence-electron chi connectivity index (χ4n) is 3.30. The summed E-state index contributed by atoms with van der Waals surface area (Å²) in [5.41, 5.74) is 0.603. The number of hydrogen-bond acceptors (Lipinski definition) is 5. The lowest BCUT2D eigenvalue weighted by molar-refractivity contribution is -0.00320. The van der Waals surface area contributed by atoms with E-state index in [9.17, 15) is 17.2 Å². The molecule has 0 radical (unpaired) electrons. The molecule has 1 aliphatic heterocycles. The van der Waals surface area contributed by atoms with Crippen molar-refractivity contribution in [3.8, 4) is 17.0 Å². The van der Waals surface area contributed by atoms with Crippen LogP contribution in [0.5, 0.6) is 5.75 Å². The van der Waals surface area contributed by atoms with Gasteiger partial charge in [0.25, 0.3) is 0 Å². The van der Waals surface area contributed by atoms with Gasteiger partial charge in [-0.15, -0.1) is 0 Å². The number of rotatable bonds is 7. The average Bonchev–Trinajstić information content (AvgIpc) is 2.66. The van der Waals surface area contributed by atoms with Crippen molar-refractivity contribution in [1.82, 2.24) is 4.98 Å². The molecule has 1 aliphatic rings. The molecule has 0 aliphatic carbocycles. The monoisotopic (exact) mass is 411 g/mol. The van der Waals surface area contributed by atoms with Gasteiger partial charge < -0.3 is 9.47 Å². The first kappa shape index (κ1) is 20.7. The first-order chi connectivity index (χ1) is 13.3. The summed E-state index contributed by atoms with van der Waals surface area (Å²) in [4.78, 5) is 3.89. The summed E-state index contributed by atoms with van der Waals surface area (Å²) in [5.74, 6) is -0.236. The number of hydrogen-bond donors (Lipinski definition) is 0. The van der Waals surface area contributed by atoms with E-state index in [4.69, 9.17) is 9.47 Å². The van der Waals surface area contributed by atoms with Crippen molar-refractivity contribution in [2.45, 2.75) is 12.8 Å². The van der Waals surface area contributed by atoms with Crippen LogP contribution in [-0.2, 0) is 14.6 Å².